The third-order valence-electron chi connectivity index (χ3n) is 4.04. The zero-order valence-corrected chi connectivity index (χ0v) is 14.1. The molecule has 0 bridgehead atoms. The van der Waals surface area contributed by atoms with Gasteiger partial charge in [-0.15, -0.1) is 0 Å². The van der Waals surface area contributed by atoms with Crippen molar-refractivity contribution in [2.24, 2.45) is 0 Å². The van der Waals surface area contributed by atoms with Gasteiger partial charge in [-0.25, -0.2) is 0 Å². The molecule has 2 aromatic rings. The van der Waals surface area contributed by atoms with Crippen molar-refractivity contribution in [3.8, 4) is 5.75 Å². The molecule has 124 valence electrons. The van der Waals surface area contributed by atoms with Crippen molar-refractivity contribution in [2.45, 2.75) is 39.3 Å². The first kappa shape index (κ1) is 17.1. The predicted octanol–water partition coefficient (Wildman–Crippen LogP) is 3.28. The number of methoxy groups -OCH3 is 1. The van der Waals surface area contributed by atoms with Gasteiger partial charge in [-0.1, -0.05) is 12.1 Å². The summed E-state index contributed by atoms with van der Waals surface area (Å²) in [5.41, 5.74) is 1.09. The molecular weight excluding hydrogens is 290 g/mol. The first-order valence-electron chi connectivity index (χ1n) is 8.06. The van der Waals surface area contributed by atoms with Crippen molar-refractivity contribution in [1.82, 2.24) is 14.7 Å². The van der Waals surface area contributed by atoms with Crippen molar-refractivity contribution < 1.29 is 9.53 Å². The van der Waals surface area contributed by atoms with Crippen LogP contribution < -0.4 is 4.74 Å². The Bertz CT molecular complexity index is 610. The van der Waals surface area contributed by atoms with Gasteiger partial charge in [0.05, 0.1) is 13.2 Å². The van der Waals surface area contributed by atoms with E-state index in [-0.39, 0.29) is 11.9 Å². The van der Waals surface area contributed by atoms with E-state index in [4.69, 9.17) is 4.74 Å². The first-order chi connectivity index (χ1) is 11.2. The number of benzene rings is 1. The van der Waals surface area contributed by atoms with Gasteiger partial charge < -0.3 is 9.64 Å². The Morgan fingerprint density at radius 2 is 2.22 bits per heavy atom. The van der Waals surface area contributed by atoms with Gasteiger partial charge in [0, 0.05) is 31.9 Å². The van der Waals surface area contributed by atoms with Gasteiger partial charge in [0.2, 0.25) is 5.91 Å². The summed E-state index contributed by atoms with van der Waals surface area (Å²) in [6, 6.07) is 9.83. The molecule has 5 heteroatoms. The second-order valence-electron chi connectivity index (χ2n) is 5.51. The standard InChI is InChI=1S/C18H25N3O2/c1-4-21(15(2)16-8-5-9-17(14-16)23-3)18(22)10-6-12-20-13-7-11-19-20/h5,7-9,11,13-15H,4,6,10,12H2,1-3H3/t15-/m0/s1. The first-order valence-corrected chi connectivity index (χ1v) is 8.06. The highest BCUT2D eigenvalue weighted by molar-refractivity contribution is 5.76. The second-order valence-corrected chi connectivity index (χ2v) is 5.51. The molecule has 0 unspecified atom stereocenters. The van der Waals surface area contributed by atoms with Crippen LogP contribution in [-0.2, 0) is 11.3 Å². The summed E-state index contributed by atoms with van der Waals surface area (Å²) in [6.07, 6.45) is 5.00. The lowest BCUT2D eigenvalue weighted by atomic mass is 10.1. The number of aromatic nitrogens is 2. The van der Waals surface area contributed by atoms with E-state index >= 15 is 0 Å². The Morgan fingerprint density at radius 3 is 2.87 bits per heavy atom. The van der Waals surface area contributed by atoms with Crippen molar-refractivity contribution in [2.75, 3.05) is 13.7 Å². The molecule has 1 atom stereocenters. The van der Waals surface area contributed by atoms with Crippen LogP contribution in [0.15, 0.2) is 42.7 Å². The molecule has 0 saturated carbocycles. The normalized spacial score (nSPS) is 12.0. The molecule has 2 rings (SSSR count). The average Bonchev–Trinajstić information content (AvgIpc) is 3.09. The van der Waals surface area contributed by atoms with Crippen LogP contribution in [0.3, 0.4) is 0 Å². The van der Waals surface area contributed by atoms with Gasteiger partial charge >= 0.3 is 0 Å². The Balaban J connectivity index is 1.95. The van der Waals surface area contributed by atoms with E-state index < -0.39 is 0 Å². The number of carbonyl (C=O) groups is 1. The van der Waals surface area contributed by atoms with E-state index in [2.05, 4.69) is 12.0 Å². The molecule has 23 heavy (non-hydrogen) atoms. The molecule has 5 nitrogen and oxygen atoms in total. The van der Waals surface area contributed by atoms with Crippen LogP contribution in [0, 0.1) is 0 Å². The number of carbonyl (C=O) groups excluding carboxylic acids is 1. The molecule has 0 aliphatic rings. The van der Waals surface area contributed by atoms with Gasteiger partial charge in [-0.05, 0) is 44.0 Å². The molecule has 0 aliphatic carbocycles. The number of hydrogen-bond acceptors (Lipinski definition) is 3. The molecule has 0 N–H and O–H groups in total. The zero-order chi connectivity index (χ0) is 16.7. The maximum absolute atomic E-state index is 12.5. The molecule has 1 heterocycles. The Kier molecular flexibility index (Phi) is 6.20. The molecule has 1 aromatic heterocycles. The van der Waals surface area contributed by atoms with Crippen LogP contribution in [-0.4, -0.2) is 34.2 Å². The topological polar surface area (TPSA) is 47.4 Å². The lowest BCUT2D eigenvalue weighted by molar-refractivity contribution is -0.133. The Labute approximate surface area is 137 Å². The fourth-order valence-electron chi connectivity index (χ4n) is 2.72. The molecule has 1 amide bonds. The van der Waals surface area contributed by atoms with Crippen molar-refractivity contribution in [1.29, 1.82) is 0 Å². The Hall–Kier alpha value is -2.30. The van der Waals surface area contributed by atoms with Crippen molar-refractivity contribution in [3.05, 3.63) is 48.3 Å². The van der Waals surface area contributed by atoms with Crippen LogP contribution in [0.25, 0.3) is 0 Å². The summed E-state index contributed by atoms with van der Waals surface area (Å²) in [6.45, 7) is 5.54. The van der Waals surface area contributed by atoms with E-state index in [0.29, 0.717) is 13.0 Å². The fourth-order valence-corrected chi connectivity index (χ4v) is 2.72. The number of rotatable bonds is 8. The third kappa shape index (κ3) is 4.58. The largest absolute Gasteiger partial charge is 0.497 e. The number of hydrogen-bond donors (Lipinski definition) is 0. The summed E-state index contributed by atoms with van der Waals surface area (Å²) < 4.78 is 7.13. The van der Waals surface area contributed by atoms with Crippen LogP contribution in [0.4, 0.5) is 0 Å². The SMILES string of the molecule is CCN(C(=O)CCCn1cccn1)[C@@H](C)c1cccc(OC)c1. The summed E-state index contributed by atoms with van der Waals surface area (Å²) in [4.78, 5) is 14.5. The maximum atomic E-state index is 12.5. The van der Waals surface area contributed by atoms with Gasteiger partial charge in [0.25, 0.3) is 0 Å². The Morgan fingerprint density at radius 1 is 1.39 bits per heavy atom. The fraction of sp³-hybridized carbons (Fsp3) is 0.444. The third-order valence-corrected chi connectivity index (χ3v) is 4.04. The predicted molar refractivity (Wildman–Crippen MR) is 90.3 cm³/mol. The molecule has 0 spiro atoms. The van der Waals surface area contributed by atoms with Crippen molar-refractivity contribution in [3.63, 3.8) is 0 Å². The molecular formula is C18H25N3O2. The lowest BCUT2D eigenvalue weighted by Gasteiger charge is -2.28. The maximum Gasteiger partial charge on any atom is 0.223 e. The smallest absolute Gasteiger partial charge is 0.223 e. The molecule has 0 fully saturated rings. The van der Waals surface area contributed by atoms with Crippen LogP contribution in [0.1, 0.15) is 38.3 Å². The van der Waals surface area contributed by atoms with Gasteiger partial charge in [-0.2, -0.15) is 5.10 Å². The van der Waals surface area contributed by atoms with Gasteiger partial charge in [0.15, 0.2) is 0 Å². The highest BCUT2D eigenvalue weighted by Gasteiger charge is 2.19. The minimum Gasteiger partial charge on any atom is -0.497 e. The lowest BCUT2D eigenvalue weighted by Crippen LogP contribution is -2.33. The molecule has 0 radical (unpaired) electrons. The van der Waals surface area contributed by atoms with Crippen molar-refractivity contribution >= 4 is 5.91 Å². The monoisotopic (exact) mass is 315 g/mol. The quantitative estimate of drug-likeness (QED) is 0.751. The van der Waals surface area contributed by atoms with Gasteiger partial charge in [0.1, 0.15) is 5.75 Å². The highest BCUT2D eigenvalue weighted by atomic mass is 16.5. The number of aryl methyl sites for hydroxylation is 1. The van der Waals surface area contributed by atoms with E-state index in [0.717, 1.165) is 24.3 Å². The van der Waals surface area contributed by atoms with E-state index in [9.17, 15) is 4.79 Å². The summed E-state index contributed by atoms with van der Waals surface area (Å²) in [7, 11) is 1.65. The van der Waals surface area contributed by atoms with Crippen LogP contribution in [0.2, 0.25) is 0 Å². The minimum atomic E-state index is 0.0345. The van der Waals surface area contributed by atoms with Gasteiger partial charge in [-0.3, -0.25) is 9.48 Å². The second kappa shape index (κ2) is 8.36. The minimum absolute atomic E-state index is 0.0345. The summed E-state index contributed by atoms with van der Waals surface area (Å²) >= 11 is 0. The van der Waals surface area contributed by atoms with E-state index in [1.807, 2.05) is 53.0 Å². The summed E-state index contributed by atoms with van der Waals surface area (Å²) in [5, 5.41) is 4.16. The van der Waals surface area contributed by atoms with Crippen LogP contribution >= 0.6 is 0 Å². The molecule has 1 aromatic carbocycles. The number of ether oxygens (including phenoxy) is 1. The average molecular weight is 315 g/mol. The van der Waals surface area contributed by atoms with E-state index in [1.165, 1.54) is 0 Å². The number of amides is 1. The molecule has 0 aliphatic heterocycles. The van der Waals surface area contributed by atoms with E-state index in [1.54, 1.807) is 13.3 Å². The highest BCUT2D eigenvalue weighted by Crippen LogP contribution is 2.24. The zero-order valence-electron chi connectivity index (χ0n) is 14.1. The van der Waals surface area contributed by atoms with Crippen LogP contribution in [0.5, 0.6) is 5.75 Å². The molecule has 0 saturated heterocycles. The summed E-state index contributed by atoms with van der Waals surface area (Å²) in [5.74, 6) is 0.992. The number of nitrogens with zero attached hydrogens (tertiary/aromatic N) is 3.